The molecular weight excluding hydrogens is 286 g/mol. The molecule has 0 aromatic carbocycles. The third-order valence-corrected chi connectivity index (χ3v) is 4.17. The number of nitrogens with zero attached hydrogens (tertiary/aromatic N) is 3. The molecule has 0 fully saturated rings. The molecule has 6 nitrogen and oxygen atoms in total. The van der Waals surface area contributed by atoms with Crippen molar-refractivity contribution in [3.05, 3.63) is 27.8 Å². The van der Waals surface area contributed by atoms with Gasteiger partial charge in [0.2, 0.25) is 5.91 Å². The Morgan fingerprint density at radius 1 is 1.52 bits per heavy atom. The summed E-state index contributed by atoms with van der Waals surface area (Å²) in [4.78, 5) is 16.5. The zero-order chi connectivity index (χ0) is 15.4. The zero-order valence-electron chi connectivity index (χ0n) is 12.8. The molecule has 1 unspecified atom stereocenters. The predicted octanol–water partition coefficient (Wildman–Crippen LogP) is 2.04. The molecule has 2 rings (SSSR count). The number of carbonyl (C=O) groups is 1. The van der Waals surface area contributed by atoms with E-state index in [1.807, 2.05) is 25.3 Å². The second-order valence-electron chi connectivity index (χ2n) is 4.96. The Kier molecular flexibility index (Phi) is 5.08. The van der Waals surface area contributed by atoms with E-state index >= 15 is 0 Å². The summed E-state index contributed by atoms with van der Waals surface area (Å²) in [5.41, 5.74) is 1.87. The second kappa shape index (κ2) is 6.82. The molecule has 2 N–H and O–H groups in total. The van der Waals surface area contributed by atoms with Crippen molar-refractivity contribution in [3.8, 4) is 0 Å². The average Bonchev–Trinajstić information content (AvgIpc) is 3.03. The minimum Gasteiger partial charge on any atom is -0.310 e. The first-order valence-corrected chi connectivity index (χ1v) is 7.85. The van der Waals surface area contributed by atoms with Gasteiger partial charge in [0.05, 0.1) is 22.9 Å². The van der Waals surface area contributed by atoms with Crippen molar-refractivity contribution in [2.24, 2.45) is 7.05 Å². The van der Waals surface area contributed by atoms with Crippen molar-refractivity contribution in [2.45, 2.75) is 33.2 Å². The number of carbonyl (C=O) groups excluding carboxylic acids is 1. The Bertz CT molecular complexity index is 619. The molecule has 0 aliphatic heterocycles. The molecule has 2 aromatic rings. The van der Waals surface area contributed by atoms with Crippen LogP contribution in [0.3, 0.4) is 0 Å². The van der Waals surface area contributed by atoms with E-state index in [0.29, 0.717) is 5.82 Å². The number of nitrogens with one attached hydrogen (secondary N) is 2. The molecule has 7 heteroatoms. The Morgan fingerprint density at radius 2 is 2.29 bits per heavy atom. The maximum atomic E-state index is 11.9. The average molecular weight is 307 g/mol. The van der Waals surface area contributed by atoms with Crippen LogP contribution >= 0.6 is 11.3 Å². The van der Waals surface area contributed by atoms with Crippen molar-refractivity contribution in [3.63, 3.8) is 0 Å². The molecule has 2 heterocycles. The smallest absolute Gasteiger partial charge is 0.239 e. The molecule has 0 bridgehead atoms. The standard InChI is InChI=1S/C14H21N5OS/c1-5-14-16-11(8-21-14)10(3)15-7-13(20)17-12-6-9(2)18-19(12)4/h6,8,10,15H,5,7H2,1-4H3,(H,17,20). The summed E-state index contributed by atoms with van der Waals surface area (Å²) >= 11 is 1.66. The number of amides is 1. The molecule has 0 saturated heterocycles. The largest absolute Gasteiger partial charge is 0.310 e. The molecule has 0 saturated carbocycles. The first-order valence-electron chi connectivity index (χ1n) is 6.97. The fourth-order valence-corrected chi connectivity index (χ4v) is 2.79. The van der Waals surface area contributed by atoms with Gasteiger partial charge in [-0.25, -0.2) is 4.98 Å². The number of aromatic nitrogens is 3. The van der Waals surface area contributed by atoms with E-state index in [1.54, 1.807) is 23.1 Å². The summed E-state index contributed by atoms with van der Waals surface area (Å²) in [5, 5.41) is 13.4. The van der Waals surface area contributed by atoms with Gasteiger partial charge in [0.1, 0.15) is 5.82 Å². The van der Waals surface area contributed by atoms with Crippen molar-refractivity contribution in [2.75, 3.05) is 11.9 Å². The first-order chi connectivity index (χ1) is 9.99. The molecule has 1 amide bonds. The summed E-state index contributed by atoms with van der Waals surface area (Å²) in [6.07, 6.45) is 0.942. The van der Waals surface area contributed by atoms with Crippen molar-refractivity contribution < 1.29 is 4.79 Å². The van der Waals surface area contributed by atoms with Crippen LogP contribution in [0.2, 0.25) is 0 Å². The molecule has 2 aromatic heterocycles. The lowest BCUT2D eigenvalue weighted by molar-refractivity contribution is -0.115. The molecule has 1 atom stereocenters. The topological polar surface area (TPSA) is 71.8 Å². The Hall–Kier alpha value is -1.73. The van der Waals surface area contributed by atoms with Crippen LogP contribution in [0.4, 0.5) is 5.82 Å². The van der Waals surface area contributed by atoms with Crippen LogP contribution in [0.15, 0.2) is 11.4 Å². The van der Waals surface area contributed by atoms with Gasteiger partial charge in [-0.3, -0.25) is 9.48 Å². The van der Waals surface area contributed by atoms with Crippen molar-refractivity contribution in [1.29, 1.82) is 0 Å². The first kappa shape index (κ1) is 15.7. The van der Waals surface area contributed by atoms with Gasteiger partial charge in [0.15, 0.2) is 0 Å². The summed E-state index contributed by atoms with van der Waals surface area (Å²) in [7, 11) is 1.81. The normalized spacial score (nSPS) is 12.4. The summed E-state index contributed by atoms with van der Waals surface area (Å²) in [6, 6.07) is 1.90. The van der Waals surface area contributed by atoms with Crippen LogP contribution in [-0.4, -0.2) is 27.2 Å². The summed E-state index contributed by atoms with van der Waals surface area (Å²) in [5.74, 6) is 0.615. The number of aryl methyl sites for hydroxylation is 3. The van der Waals surface area contributed by atoms with Gasteiger partial charge in [0.25, 0.3) is 0 Å². The van der Waals surface area contributed by atoms with E-state index in [-0.39, 0.29) is 18.5 Å². The SMILES string of the molecule is CCc1nc(C(C)NCC(=O)Nc2cc(C)nn2C)cs1. The fourth-order valence-electron chi connectivity index (χ4n) is 1.95. The minimum absolute atomic E-state index is 0.0561. The van der Waals surface area contributed by atoms with Crippen LogP contribution < -0.4 is 10.6 Å². The van der Waals surface area contributed by atoms with Gasteiger partial charge in [-0.2, -0.15) is 5.10 Å². The van der Waals surface area contributed by atoms with Crippen LogP contribution in [0, 0.1) is 6.92 Å². The van der Waals surface area contributed by atoms with E-state index in [4.69, 9.17) is 0 Å². The lowest BCUT2D eigenvalue weighted by Gasteiger charge is -2.11. The fraction of sp³-hybridized carbons (Fsp3) is 0.500. The highest BCUT2D eigenvalue weighted by Gasteiger charge is 2.12. The van der Waals surface area contributed by atoms with E-state index in [9.17, 15) is 4.79 Å². The molecular formula is C14H21N5OS. The van der Waals surface area contributed by atoms with E-state index in [1.165, 1.54) is 0 Å². The van der Waals surface area contributed by atoms with Gasteiger partial charge < -0.3 is 10.6 Å². The van der Waals surface area contributed by atoms with E-state index < -0.39 is 0 Å². The van der Waals surface area contributed by atoms with Gasteiger partial charge >= 0.3 is 0 Å². The zero-order valence-corrected chi connectivity index (χ0v) is 13.6. The van der Waals surface area contributed by atoms with E-state index in [2.05, 4.69) is 27.6 Å². The highest BCUT2D eigenvalue weighted by molar-refractivity contribution is 7.09. The summed E-state index contributed by atoms with van der Waals surface area (Å²) < 4.78 is 1.66. The Balaban J connectivity index is 1.84. The van der Waals surface area contributed by atoms with Crippen LogP contribution in [-0.2, 0) is 18.3 Å². The summed E-state index contributed by atoms with van der Waals surface area (Å²) in [6.45, 7) is 6.23. The van der Waals surface area contributed by atoms with Crippen molar-refractivity contribution in [1.82, 2.24) is 20.1 Å². The van der Waals surface area contributed by atoms with Crippen LogP contribution in [0.25, 0.3) is 0 Å². The number of hydrogen-bond donors (Lipinski definition) is 2. The van der Waals surface area contributed by atoms with Crippen LogP contribution in [0.5, 0.6) is 0 Å². The van der Waals surface area contributed by atoms with Gasteiger partial charge in [0, 0.05) is 24.5 Å². The number of rotatable bonds is 6. The van der Waals surface area contributed by atoms with Crippen LogP contribution in [0.1, 0.15) is 36.3 Å². The maximum absolute atomic E-state index is 11.9. The quantitative estimate of drug-likeness (QED) is 0.856. The van der Waals surface area contributed by atoms with Gasteiger partial charge in [-0.05, 0) is 20.3 Å². The third kappa shape index (κ3) is 4.12. The number of thiazole rings is 1. The number of anilines is 1. The lowest BCUT2D eigenvalue weighted by atomic mass is 10.2. The third-order valence-electron chi connectivity index (χ3n) is 3.15. The molecule has 0 spiro atoms. The molecule has 114 valence electrons. The minimum atomic E-state index is -0.0872. The predicted molar refractivity (Wildman–Crippen MR) is 84.5 cm³/mol. The Labute approximate surface area is 128 Å². The van der Waals surface area contributed by atoms with Crippen molar-refractivity contribution >= 4 is 23.1 Å². The lowest BCUT2D eigenvalue weighted by Crippen LogP contribution is -2.30. The molecule has 0 aliphatic rings. The monoisotopic (exact) mass is 307 g/mol. The number of hydrogen-bond acceptors (Lipinski definition) is 5. The highest BCUT2D eigenvalue weighted by atomic mass is 32.1. The molecule has 21 heavy (non-hydrogen) atoms. The van der Waals surface area contributed by atoms with Gasteiger partial charge in [-0.15, -0.1) is 11.3 Å². The highest BCUT2D eigenvalue weighted by Crippen LogP contribution is 2.16. The Morgan fingerprint density at radius 3 is 2.86 bits per heavy atom. The van der Waals surface area contributed by atoms with E-state index in [0.717, 1.165) is 22.8 Å². The molecule has 0 aliphatic carbocycles. The second-order valence-corrected chi connectivity index (χ2v) is 5.91. The molecule has 0 radical (unpaired) electrons. The maximum Gasteiger partial charge on any atom is 0.239 e. The van der Waals surface area contributed by atoms with Gasteiger partial charge in [-0.1, -0.05) is 6.92 Å².